The highest BCUT2D eigenvalue weighted by Gasteiger charge is 2.48. The number of hydrogen-bond donors (Lipinski definition) is 2. The average molecular weight is 514 g/mol. The fourth-order valence-corrected chi connectivity index (χ4v) is 5.17. The Bertz CT molecular complexity index is 1390. The second-order valence-corrected chi connectivity index (χ2v) is 9.75. The molecule has 5 heterocycles. The van der Waals surface area contributed by atoms with Crippen molar-refractivity contribution >= 4 is 33.7 Å². The maximum atomic E-state index is 9.94. The molecule has 2 aliphatic rings. The van der Waals surface area contributed by atoms with Crippen LogP contribution in [0, 0.1) is 0 Å². The second kappa shape index (κ2) is 9.60. The normalized spacial score (nSPS) is 24.6. The summed E-state index contributed by atoms with van der Waals surface area (Å²) in [5.74, 6) is 0. The lowest BCUT2D eigenvalue weighted by Crippen LogP contribution is -2.34. The number of nitrogens with zero attached hydrogens (tertiary/aromatic N) is 4. The van der Waals surface area contributed by atoms with Crippen molar-refractivity contribution in [3.63, 3.8) is 0 Å². The van der Waals surface area contributed by atoms with Gasteiger partial charge in [-0.2, -0.15) is 10.1 Å². The molecule has 6 rings (SSSR count). The van der Waals surface area contributed by atoms with Crippen molar-refractivity contribution < 1.29 is 24.1 Å². The van der Waals surface area contributed by atoms with Crippen molar-refractivity contribution in [1.29, 1.82) is 0 Å². The molecule has 0 saturated carbocycles. The summed E-state index contributed by atoms with van der Waals surface area (Å²) in [6.45, 7) is 3.27. The Morgan fingerprint density at radius 3 is 2.83 bits per heavy atom. The van der Waals surface area contributed by atoms with Gasteiger partial charge < -0.3 is 29.0 Å². The van der Waals surface area contributed by atoms with Crippen molar-refractivity contribution in [2.24, 2.45) is 0 Å². The van der Waals surface area contributed by atoms with Gasteiger partial charge in [-0.05, 0) is 31.9 Å². The number of pyridine rings is 1. The maximum Gasteiger partial charge on any atom is 0.296 e. The average Bonchev–Trinajstić information content (AvgIpc) is 3.63. The maximum absolute atomic E-state index is 9.94. The van der Waals surface area contributed by atoms with Crippen molar-refractivity contribution in [3.8, 4) is 6.01 Å². The minimum absolute atomic E-state index is 0.0581. The molecule has 0 aliphatic carbocycles. The topological polar surface area (TPSA) is 117 Å². The Balaban J connectivity index is 1.20. The number of imidazole rings is 1. The van der Waals surface area contributed by atoms with E-state index in [2.05, 4.69) is 22.1 Å². The summed E-state index contributed by atoms with van der Waals surface area (Å²) in [7, 11) is 1.71. The fraction of sp³-hybridized carbons (Fsp3) is 0.480. The molecule has 2 aliphatic heterocycles. The highest BCUT2D eigenvalue weighted by atomic mass is 35.5. The third kappa shape index (κ3) is 4.33. The standard InChI is InChI=1S/C25H28ClN5O5/c1-13(33-2)10-31-19-6-4-3-5-14(19)16(30-31)7-8-17-15(26)9-18-24(27-17)29-25(28-18)36-21-12-35-22-20(32)11-34-23(21)22/h3-6,9,13,20-23,32H,7-8,10-12H2,1-2H3,(H,27,28,29)/t13?,20-,21-,22-,23-/m1/s1. The third-order valence-electron chi connectivity index (χ3n) is 6.89. The Morgan fingerprint density at radius 1 is 1.17 bits per heavy atom. The number of fused-ring (bicyclic) bond motifs is 3. The molecule has 1 aromatic carbocycles. The predicted octanol–water partition coefficient (Wildman–Crippen LogP) is 2.69. The molecule has 3 aromatic heterocycles. The zero-order chi connectivity index (χ0) is 24.8. The van der Waals surface area contributed by atoms with E-state index in [1.807, 2.05) is 29.8 Å². The van der Waals surface area contributed by atoms with E-state index in [1.54, 1.807) is 7.11 Å². The number of aromatic amines is 1. The lowest BCUT2D eigenvalue weighted by atomic mass is 10.1. The predicted molar refractivity (Wildman–Crippen MR) is 132 cm³/mol. The van der Waals surface area contributed by atoms with E-state index >= 15 is 0 Å². The smallest absolute Gasteiger partial charge is 0.296 e. The SMILES string of the molecule is COC(C)Cn1nc(CCc2nc3nc(O[C@@H]4CO[C@H]5[C@@H]4OC[C@H]5O)[nH]c3cc2Cl)c2ccccc21. The van der Waals surface area contributed by atoms with E-state index in [0.29, 0.717) is 48.2 Å². The summed E-state index contributed by atoms with van der Waals surface area (Å²) in [5, 5.41) is 16.5. The third-order valence-corrected chi connectivity index (χ3v) is 7.22. The number of aryl methyl sites for hydroxylation is 2. The number of aromatic nitrogens is 5. The number of methoxy groups -OCH3 is 1. The van der Waals surface area contributed by atoms with Crippen LogP contribution >= 0.6 is 11.6 Å². The molecular formula is C25H28ClN5O5. The largest absolute Gasteiger partial charge is 0.456 e. The van der Waals surface area contributed by atoms with Crippen LogP contribution in [0.1, 0.15) is 18.3 Å². The monoisotopic (exact) mass is 513 g/mol. The number of H-pyrrole nitrogens is 1. The van der Waals surface area contributed by atoms with Gasteiger partial charge >= 0.3 is 0 Å². The van der Waals surface area contributed by atoms with E-state index < -0.39 is 6.10 Å². The van der Waals surface area contributed by atoms with Crippen LogP contribution in [-0.4, -0.2) is 80.7 Å². The number of hydrogen-bond acceptors (Lipinski definition) is 8. The quantitative estimate of drug-likeness (QED) is 0.369. The molecule has 10 nitrogen and oxygen atoms in total. The van der Waals surface area contributed by atoms with Crippen molar-refractivity contribution in [2.45, 2.75) is 56.8 Å². The van der Waals surface area contributed by atoms with Crippen molar-refractivity contribution in [1.82, 2.24) is 24.7 Å². The first kappa shape index (κ1) is 23.6. The van der Waals surface area contributed by atoms with Gasteiger partial charge in [-0.25, -0.2) is 4.98 Å². The van der Waals surface area contributed by atoms with Crippen LogP contribution in [0.4, 0.5) is 0 Å². The Kier molecular flexibility index (Phi) is 6.30. The van der Waals surface area contributed by atoms with Crippen LogP contribution in [0.5, 0.6) is 6.01 Å². The molecule has 0 radical (unpaired) electrons. The molecule has 5 atom stereocenters. The molecule has 0 spiro atoms. The summed E-state index contributed by atoms with van der Waals surface area (Å²) in [6.07, 6.45) is -0.311. The van der Waals surface area contributed by atoms with Crippen LogP contribution in [0.3, 0.4) is 0 Å². The van der Waals surface area contributed by atoms with Gasteiger partial charge in [0.15, 0.2) is 11.8 Å². The van der Waals surface area contributed by atoms with E-state index in [0.717, 1.165) is 22.3 Å². The Morgan fingerprint density at radius 2 is 1.97 bits per heavy atom. The van der Waals surface area contributed by atoms with Crippen LogP contribution < -0.4 is 4.74 Å². The van der Waals surface area contributed by atoms with E-state index in [1.165, 1.54) is 0 Å². The highest BCUT2D eigenvalue weighted by molar-refractivity contribution is 6.31. The minimum atomic E-state index is -0.630. The summed E-state index contributed by atoms with van der Waals surface area (Å²) < 4.78 is 24.7. The first-order valence-corrected chi connectivity index (χ1v) is 12.5. The van der Waals surface area contributed by atoms with E-state index in [4.69, 9.17) is 40.6 Å². The molecule has 0 bridgehead atoms. The van der Waals surface area contributed by atoms with Crippen LogP contribution in [0.25, 0.3) is 22.1 Å². The molecule has 11 heteroatoms. The van der Waals surface area contributed by atoms with E-state index in [9.17, 15) is 5.11 Å². The summed E-state index contributed by atoms with van der Waals surface area (Å²) >= 11 is 6.59. The van der Waals surface area contributed by atoms with Crippen LogP contribution in [0.2, 0.25) is 5.02 Å². The van der Waals surface area contributed by atoms with Gasteiger partial charge in [0, 0.05) is 12.5 Å². The fourth-order valence-electron chi connectivity index (χ4n) is 4.93. The van der Waals surface area contributed by atoms with Gasteiger partial charge in [-0.1, -0.05) is 29.8 Å². The van der Waals surface area contributed by atoms with Gasteiger partial charge in [0.25, 0.3) is 6.01 Å². The molecule has 2 N–H and O–H groups in total. The number of rotatable bonds is 8. The number of nitrogens with one attached hydrogen (secondary N) is 1. The summed E-state index contributed by atoms with van der Waals surface area (Å²) in [4.78, 5) is 12.3. The van der Waals surface area contributed by atoms with Crippen LogP contribution in [-0.2, 0) is 33.6 Å². The number of halogens is 1. The van der Waals surface area contributed by atoms with Gasteiger partial charge in [0.05, 0.1) is 53.3 Å². The molecule has 36 heavy (non-hydrogen) atoms. The molecule has 2 saturated heterocycles. The van der Waals surface area contributed by atoms with Crippen molar-refractivity contribution in [3.05, 3.63) is 46.7 Å². The molecule has 190 valence electrons. The molecule has 4 aromatic rings. The van der Waals surface area contributed by atoms with Gasteiger partial charge in [0.1, 0.15) is 18.3 Å². The number of benzene rings is 1. The summed E-state index contributed by atoms with van der Waals surface area (Å²) in [5.41, 5.74) is 4.03. The zero-order valence-corrected chi connectivity index (χ0v) is 20.8. The van der Waals surface area contributed by atoms with E-state index in [-0.39, 0.29) is 31.0 Å². The number of aliphatic hydroxyl groups is 1. The summed E-state index contributed by atoms with van der Waals surface area (Å²) in [6, 6.07) is 10.3. The molecule has 2 fully saturated rings. The van der Waals surface area contributed by atoms with Gasteiger partial charge in [0.2, 0.25) is 0 Å². The number of ether oxygens (including phenoxy) is 4. The Hall–Kier alpha value is -2.76. The Labute approximate surface area is 212 Å². The highest BCUT2D eigenvalue weighted by Crippen LogP contribution is 2.30. The number of aliphatic hydroxyl groups excluding tert-OH is 1. The van der Waals surface area contributed by atoms with Gasteiger partial charge in [-0.15, -0.1) is 0 Å². The number of para-hydroxylation sites is 1. The zero-order valence-electron chi connectivity index (χ0n) is 20.1. The first-order valence-electron chi connectivity index (χ1n) is 12.1. The van der Waals surface area contributed by atoms with Crippen LogP contribution in [0.15, 0.2) is 30.3 Å². The van der Waals surface area contributed by atoms with Crippen molar-refractivity contribution in [2.75, 3.05) is 20.3 Å². The second-order valence-electron chi connectivity index (χ2n) is 9.34. The molecule has 1 unspecified atom stereocenters. The first-order chi connectivity index (χ1) is 17.5. The molecular weight excluding hydrogens is 486 g/mol. The lowest BCUT2D eigenvalue weighted by molar-refractivity contribution is 0.00706. The van der Waals surface area contributed by atoms with Gasteiger partial charge in [-0.3, -0.25) is 4.68 Å². The lowest BCUT2D eigenvalue weighted by Gasteiger charge is -2.15. The molecule has 0 amide bonds. The minimum Gasteiger partial charge on any atom is -0.456 e.